The topological polar surface area (TPSA) is 51.0 Å². The number of carbonyl (C=O) groups is 1. The number of carbonyl (C=O) groups excluding carboxylic acids is 1. The van der Waals surface area contributed by atoms with E-state index in [4.69, 9.17) is 0 Å². The van der Waals surface area contributed by atoms with E-state index in [9.17, 15) is 4.79 Å². The van der Waals surface area contributed by atoms with Crippen LogP contribution in [0.25, 0.3) is 0 Å². The molecule has 2 fully saturated rings. The van der Waals surface area contributed by atoms with Gasteiger partial charge in [-0.25, -0.2) is 4.98 Å². The van der Waals surface area contributed by atoms with Crippen LogP contribution in [-0.2, 0) is 7.05 Å². The Morgan fingerprint density at radius 2 is 2.15 bits per heavy atom. The molecule has 5 nitrogen and oxygen atoms in total. The minimum atomic E-state index is 0.140. The van der Waals surface area contributed by atoms with Gasteiger partial charge in [-0.05, 0) is 24.3 Å². The molecule has 2 aromatic rings. The monoisotopic (exact) mass is 288 g/mol. The Kier molecular flexibility index (Phi) is 2.66. The average Bonchev–Trinajstić information content (AvgIpc) is 2.95. The van der Waals surface area contributed by atoms with Crippen LogP contribution in [0.15, 0.2) is 17.5 Å². The number of aryl methyl sites for hydroxylation is 1. The van der Waals surface area contributed by atoms with Crippen molar-refractivity contribution in [3.05, 3.63) is 34.0 Å². The van der Waals surface area contributed by atoms with Gasteiger partial charge in [-0.15, -0.1) is 11.3 Å². The van der Waals surface area contributed by atoms with Crippen molar-refractivity contribution >= 4 is 17.2 Å². The fourth-order valence-corrected chi connectivity index (χ4v) is 3.34. The second-order valence-electron chi connectivity index (χ2n) is 5.61. The summed E-state index contributed by atoms with van der Waals surface area (Å²) in [7, 11) is 1.96. The minimum absolute atomic E-state index is 0.140. The Morgan fingerprint density at radius 3 is 2.80 bits per heavy atom. The van der Waals surface area contributed by atoms with Gasteiger partial charge >= 0.3 is 0 Å². The Labute approximate surface area is 121 Å². The standard InChI is InChI=1S/C14H16N4OS/c1-17-13(15-12(16-17)9-4-5-9)10-7-18(8-10)14(19)11-3-2-6-20-11/h2-3,6,9-10H,4-5,7-8H2,1H3. The normalized spacial score (nSPS) is 19.1. The Balaban J connectivity index is 1.44. The second-order valence-corrected chi connectivity index (χ2v) is 6.56. The summed E-state index contributed by atoms with van der Waals surface area (Å²) in [6.45, 7) is 1.51. The lowest BCUT2D eigenvalue weighted by Crippen LogP contribution is -2.49. The van der Waals surface area contributed by atoms with E-state index in [1.54, 1.807) is 0 Å². The first-order chi connectivity index (χ1) is 9.72. The molecule has 1 saturated heterocycles. The fourth-order valence-electron chi connectivity index (χ4n) is 2.65. The Morgan fingerprint density at radius 1 is 1.35 bits per heavy atom. The first kappa shape index (κ1) is 12.1. The van der Waals surface area contributed by atoms with Crippen LogP contribution in [-0.4, -0.2) is 38.7 Å². The van der Waals surface area contributed by atoms with Crippen LogP contribution < -0.4 is 0 Å². The van der Waals surface area contributed by atoms with E-state index in [0.29, 0.717) is 11.8 Å². The van der Waals surface area contributed by atoms with Gasteiger partial charge in [0.2, 0.25) is 0 Å². The highest BCUT2D eigenvalue weighted by Crippen LogP contribution is 2.39. The molecule has 20 heavy (non-hydrogen) atoms. The van der Waals surface area contributed by atoms with Crippen molar-refractivity contribution in [2.24, 2.45) is 7.05 Å². The Bertz CT molecular complexity index is 638. The molecular weight excluding hydrogens is 272 g/mol. The molecule has 104 valence electrons. The van der Waals surface area contributed by atoms with E-state index < -0.39 is 0 Å². The summed E-state index contributed by atoms with van der Waals surface area (Å²) in [5.41, 5.74) is 0. The highest BCUT2D eigenvalue weighted by atomic mass is 32.1. The molecule has 4 rings (SSSR count). The fraction of sp³-hybridized carbons (Fsp3) is 0.500. The van der Waals surface area contributed by atoms with Crippen molar-refractivity contribution in [1.82, 2.24) is 19.7 Å². The van der Waals surface area contributed by atoms with Crippen molar-refractivity contribution in [2.75, 3.05) is 13.1 Å². The number of hydrogen-bond donors (Lipinski definition) is 0. The van der Waals surface area contributed by atoms with E-state index >= 15 is 0 Å². The van der Waals surface area contributed by atoms with E-state index in [2.05, 4.69) is 10.1 Å². The Hall–Kier alpha value is -1.69. The maximum Gasteiger partial charge on any atom is 0.263 e. The summed E-state index contributed by atoms with van der Waals surface area (Å²) >= 11 is 1.50. The first-order valence-corrected chi connectivity index (χ1v) is 7.84. The largest absolute Gasteiger partial charge is 0.336 e. The van der Waals surface area contributed by atoms with E-state index in [-0.39, 0.29) is 5.91 Å². The molecule has 0 aromatic carbocycles. The van der Waals surface area contributed by atoms with Crippen LogP contribution in [0.2, 0.25) is 0 Å². The lowest BCUT2D eigenvalue weighted by atomic mass is 9.99. The van der Waals surface area contributed by atoms with Crippen LogP contribution in [0.3, 0.4) is 0 Å². The molecule has 0 spiro atoms. The number of rotatable bonds is 3. The minimum Gasteiger partial charge on any atom is -0.336 e. The summed E-state index contributed by atoms with van der Waals surface area (Å²) < 4.78 is 1.89. The molecule has 0 bridgehead atoms. The quantitative estimate of drug-likeness (QED) is 0.868. The highest BCUT2D eigenvalue weighted by molar-refractivity contribution is 7.12. The third-order valence-electron chi connectivity index (χ3n) is 4.02. The van der Waals surface area contributed by atoms with Crippen molar-refractivity contribution in [1.29, 1.82) is 0 Å². The smallest absolute Gasteiger partial charge is 0.263 e. The summed E-state index contributed by atoms with van der Waals surface area (Å²) in [6.07, 6.45) is 2.44. The number of amides is 1. The van der Waals surface area contributed by atoms with Gasteiger partial charge in [0.25, 0.3) is 5.91 Å². The molecule has 0 radical (unpaired) electrons. The zero-order valence-electron chi connectivity index (χ0n) is 11.3. The summed E-state index contributed by atoms with van der Waals surface area (Å²) in [5.74, 6) is 3.08. The van der Waals surface area contributed by atoms with Crippen LogP contribution >= 0.6 is 11.3 Å². The van der Waals surface area contributed by atoms with E-state index in [1.165, 1.54) is 24.2 Å². The number of nitrogens with zero attached hydrogens (tertiary/aromatic N) is 4. The van der Waals surface area contributed by atoms with Gasteiger partial charge in [0.1, 0.15) is 5.82 Å². The molecule has 0 atom stereocenters. The molecule has 1 amide bonds. The maximum absolute atomic E-state index is 12.2. The number of thiophene rings is 1. The maximum atomic E-state index is 12.2. The summed E-state index contributed by atoms with van der Waals surface area (Å²) in [6, 6.07) is 3.80. The number of hydrogen-bond acceptors (Lipinski definition) is 4. The van der Waals surface area contributed by atoms with Crippen LogP contribution in [0.1, 0.15) is 46.0 Å². The lowest BCUT2D eigenvalue weighted by Gasteiger charge is -2.38. The van der Waals surface area contributed by atoms with Crippen molar-refractivity contribution < 1.29 is 4.79 Å². The SMILES string of the molecule is Cn1nc(C2CC2)nc1C1CN(C(=O)c2cccs2)C1. The van der Waals surface area contributed by atoms with Crippen molar-refractivity contribution in [3.63, 3.8) is 0 Å². The molecular formula is C14H16N4OS. The zero-order valence-corrected chi connectivity index (χ0v) is 12.1. The van der Waals surface area contributed by atoms with Crippen LogP contribution in [0.4, 0.5) is 0 Å². The number of likely N-dealkylation sites (tertiary alicyclic amines) is 1. The zero-order chi connectivity index (χ0) is 13.7. The van der Waals surface area contributed by atoms with E-state index in [1.807, 2.05) is 34.1 Å². The molecule has 3 heterocycles. The molecule has 0 unspecified atom stereocenters. The molecule has 1 aliphatic heterocycles. The molecule has 1 aliphatic carbocycles. The summed E-state index contributed by atoms with van der Waals surface area (Å²) in [4.78, 5) is 19.5. The first-order valence-electron chi connectivity index (χ1n) is 6.96. The van der Waals surface area contributed by atoms with Gasteiger partial charge < -0.3 is 4.90 Å². The molecule has 0 N–H and O–H groups in total. The van der Waals surface area contributed by atoms with Crippen LogP contribution in [0, 0.1) is 0 Å². The van der Waals surface area contributed by atoms with Gasteiger partial charge in [0.05, 0.1) is 10.8 Å². The van der Waals surface area contributed by atoms with Crippen molar-refractivity contribution in [3.8, 4) is 0 Å². The predicted molar refractivity (Wildman–Crippen MR) is 75.9 cm³/mol. The van der Waals surface area contributed by atoms with Gasteiger partial charge in [-0.2, -0.15) is 5.10 Å². The predicted octanol–water partition coefficient (Wildman–Crippen LogP) is 1.99. The van der Waals surface area contributed by atoms with Crippen LogP contribution in [0.5, 0.6) is 0 Å². The lowest BCUT2D eigenvalue weighted by molar-refractivity contribution is 0.0596. The number of aromatic nitrogens is 3. The van der Waals surface area contributed by atoms with Gasteiger partial charge in [-0.3, -0.25) is 9.48 Å². The summed E-state index contributed by atoms with van der Waals surface area (Å²) in [5, 5.41) is 6.44. The van der Waals surface area contributed by atoms with Gasteiger partial charge in [-0.1, -0.05) is 6.07 Å². The molecule has 1 saturated carbocycles. The third-order valence-corrected chi connectivity index (χ3v) is 4.88. The average molecular weight is 288 g/mol. The van der Waals surface area contributed by atoms with Crippen molar-refractivity contribution in [2.45, 2.75) is 24.7 Å². The molecule has 6 heteroatoms. The molecule has 2 aromatic heterocycles. The van der Waals surface area contributed by atoms with Gasteiger partial charge in [0, 0.05) is 26.1 Å². The molecule has 2 aliphatic rings. The third kappa shape index (κ3) is 1.95. The van der Waals surface area contributed by atoms with E-state index in [0.717, 1.165) is 29.6 Å². The highest BCUT2D eigenvalue weighted by Gasteiger charge is 2.37. The van der Waals surface area contributed by atoms with Gasteiger partial charge in [0.15, 0.2) is 5.82 Å². The second kappa shape index (κ2) is 4.41.